The zero-order valence-electron chi connectivity index (χ0n) is 13.8. The third-order valence-electron chi connectivity index (χ3n) is 4.52. The summed E-state index contributed by atoms with van der Waals surface area (Å²) in [5, 5.41) is 0.232. The Morgan fingerprint density at radius 2 is 1.45 bits per heavy atom. The second-order valence-corrected chi connectivity index (χ2v) is 7.79. The molecule has 0 aromatic carbocycles. The van der Waals surface area contributed by atoms with Gasteiger partial charge in [-0.25, -0.2) is 0 Å². The fourth-order valence-electron chi connectivity index (χ4n) is 3.46. The summed E-state index contributed by atoms with van der Waals surface area (Å²) < 4.78 is 0. The molecule has 2 saturated carbocycles. The molecule has 0 aliphatic heterocycles. The molecule has 0 heterocycles. The van der Waals surface area contributed by atoms with Crippen LogP contribution in [0.3, 0.4) is 0 Å². The first-order valence-corrected chi connectivity index (χ1v) is 8.71. The van der Waals surface area contributed by atoms with Crippen LogP contribution < -0.4 is 0 Å². The Labute approximate surface area is 126 Å². The van der Waals surface area contributed by atoms with Gasteiger partial charge in [0.05, 0.1) is 12.4 Å². The van der Waals surface area contributed by atoms with Gasteiger partial charge in [-0.15, -0.1) is 0 Å². The molecule has 0 bridgehead atoms. The van der Waals surface area contributed by atoms with E-state index in [-0.39, 0.29) is 5.31 Å². The molecule has 2 rings (SSSR count). The molecule has 2 aliphatic rings. The van der Waals surface area contributed by atoms with Gasteiger partial charge in [-0.1, -0.05) is 59.3 Å². The van der Waals surface area contributed by atoms with Crippen LogP contribution in [0.2, 0.25) is 5.31 Å². The van der Waals surface area contributed by atoms with E-state index in [1.165, 1.54) is 64.2 Å². The van der Waals surface area contributed by atoms with Crippen molar-refractivity contribution in [2.24, 2.45) is 4.99 Å². The molecule has 2 fully saturated rings. The van der Waals surface area contributed by atoms with E-state index in [0.29, 0.717) is 12.1 Å². The number of aliphatic imine (C=N–C) groups is 1. The topological polar surface area (TPSA) is 15.6 Å². The van der Waals surface area contributed by atoms with Gasteiger partial charge in [-0.3, -0.25) is 4.99 Å². The summed E-state index contributed by atoms with van der Waals surface area (Å²) in [7, 11) is 2.40. The van der Waals surface area contributed by atoms with E-state index in [2.05, 4.69) is 39.3 Å². The Hall–Kier alpha value is -0.465. The normalized spacial score (nSPS) is 23.1. The number of rotatable bonds is 4. The maximum absolute atomic E-state index is 4.91. The van der Waals surface area contributed by atoms with Crippen molar-refractivity contribution in [1.29, 1.82) is 0 Å². The van der Waals surface area contributed by atoms with Gasteiger partial charge >= 0.3 is 0 Å². The van der Waals surface area contributed by atoms with E-state index < -0.39 is 0 Å². The minimum Gasteiger partial charge on any atom is -0.408 e. The molecule has 0 aromatic rings. The first kappa shape index (κ1) is 15.9. The quantitative estimate of drug-likeness (QED) is 0.408. The van der Waals surface area contributed by atoms with Crippen LogP contribution in [0.15, 0.2) is 4.99 Å². The van der Waals surface area contributed by atoms with Gasteiger partial charge in [-0.05, 0) is 31.0 Å². The number of hydrogen-bond donors (Lipinski definition) is 0. The molecule has 0 unspecified atom stereocenters. The summed E-state index contributed by atoms with van der Waals surface area (Å²) in [5.41, 5.74) is 0. The highest BCUT2D eigenvalue weighted by Crippen LogP contribution is 2.27. The van der Waals surface area contributed by atoms with Gasteiger partial charge in [0, 0.05) is 6.04 Å². The summed E-state index contributed by atoms with van der Waals surface area (Å²) in [5.74, 6) is 0. The fraction of sp³-hybridized carbons (Fsp3) is 0.941. The number of nitrogens with zero attached hydrogens (tertiary/aromatic N) is 2. The highest BCUT2D eigenvalue weighted by molar-refractivity contribution is 6.39. The molecule has 0 aromatic heterocycles. The molecule has 20 heavy (non-hydrogen) atoms. The third-order valence-corrected chi connectivity index (χ3v) is 4.52. The summed E-state index contributed by atoms with van der Waals surface area (Å²) >= 11 is 0. The van der Waals surface area contributed by atoms with Crippen molar-refractivity contribution in [2.75, 3.05) is 0 Å². The SMILES string of the molecule is CC(C)(C)[B]N(C=NC1CCCCC1)C1CCCCC1. The van der Waals surface area contributed by atoms with Crippen LogP contribution in [0.1, 0.15) is 85.0 Å². The number of hydrogen-bond acceptors (Lipinski definition) is 1. The summed E-state index contributed by atoms with van der Waals surface area (Å²) in [6.45, 7) is 6.87. The lowest BCUT2D eigenvalue weighted by Crippen LogP contribution is -2.42. The summed E-state index contributed by atoms with van der Waals surface area (Å²) in [6, 6.07) is 1.28. The molecule has 0 N–H and O–H groups in total. The molecule has 113 valence electrons. The highest BCUT2D eigenvalue weighted by Gasteiger charge is 2.25. The van der Waals surface area contributed by atoms with Crippen LogP contribution in [0.4, 0.5) is 0 Å². The Kier molecular flexibility index (Phi) is 5.98. The third kappa shape index (κ3) is 5.50. The van der Waals surface area contributed by atoms with E-state index >= 15 is 0 Å². The maximum Gasteiger partial charge on any atom is 0.253 e. The molecular weight excluding hydrogens is 243 g/mol. The lowest BCUT2D eigenvalue weighted by atomic mass is 9.62. The molecule has 0 atom stereocenters. The average Bonchev–Trinajstić information content (AvgIpc) is 2.44. The van der Waals surface area contributed by atoms with Gasteiger partial charge in [0.1, 0.15) is 0 Å². The van der Waals surface area contributed by atoms with Crippen LogP contribution >= 0.6 is 0 Å². The van der Waals surface area contributed by atoms with E-state index in [4.69, 9.17) is 4.99 Å². The Balaban J connectivity index is 1.95. The zero-order valence-corrected chi connectivity index (χ0v) is 13.8. The van der Waals surface area contributed by atoms with Crippen LogP contribution in [0.25, 0.3) is 0 Å². The molecule has 0 saturated heterocycles. The van der Waals surface area contributed by atoms with Gasteiger partial charge in [0.2, 0.25) is 0 Å². The summed E-state index contributed by atoms with van der Waals surface area (Å²) in [4.78, 5) is 7.36. The largest absolute Gasteiger partial charge is 0.408 e. The van der Waals surface area contributed by atoms with Crippen molar-refractivity contribution in [3.63, 3.8) is 0 Å². The average molecular weight is 275 g/mol. The molecular formula is C17H32BN2. The first-order valence-electron chi connectivity index (χ1n) is 8.71. The van der Waals surface area contributed by atoms with Gasteiger partial charge < -0.3 is 4.81 Å². The van der Waals surface area contributed by atoms with Crippen molar-refractivity contribution >= 4 is 13.8 Å². The Morgan fingerprint density at radius 1 is 0.900 bits per heavy atom. The summed E-state index contributed by atoms with van der Waals surface area (Å²) in [6.07, 6.45) is 15.8. The van der Waals surface area contributed by atoms with E-state index in [0.717, 1.165) is 0 Å². The molecule has 3 heteroatoms. The molecule has 2 nitrogen and oxygen atoms in total. The molecule has 0 amide bonds. The van der Waals surface area contributed by atoms with Crippen molar-refractivity contribution in [1.82, 2.24) is 4.81 Å². The van der Waals surface area contributed by atoms with Crippen LogP contribution in [0, 0.1) is 0 Å². The Bertz CT molecular complexity index is 297. The zero-order chi connectivity index (χ0) is 14.4. The minimum atomic E-state index is 0.232. The second-order valence-electron chi connectivity index (χ2n) is 7.79. The van der Waals surface area contributed by atoms with Crippen LogP contribution in [-0.4, -0.2) is 30.6 Å². The van der Waals surface area contributed by atoms with Crippen LogP contribution in [0.5, 0.6) is 0 Å². The first-order chi connectivity index (χ1) is 9.54. The van der Waals surface area contributed by atoms with Crippen molar-refractivity contribution in [3.8, 4) is 0 Å². The Morgan fingerprint density at radius 3 is 2.00 bits per heavy atom. The molecule has 1 radical (unpaired) electrons. The van der Waals surface area contributed by atoms with Gasteiger partial charge in [-0.2, -0.15) is 0 Å². The van der Waals surface area contributed by atoms with Crippen molar-refractivity contribution < 1.29 is 0 Å². The monoisotopic (exact) mass is 275 g/mol. The van der Waals surface area contributed by atoms with E-state index in [1.807, 2.05) is 0 Å². The van der Waals surface area contributed by atoms with Crippen LogP contribution in [-0.2, 0) is 0 Å². The van der Waals surface area contributed by atoms with Crippen molar-refractivity contribution in [3.05, 3.63) is 0 Å². The second kappa shape index (κ2) is 7.52. The van der Waals surface area contributed by atoms with Crippen molar-refractivity contribution in [2.45, 2.75) is 102 Å². The van der Waals surface area contributed by atoms with Gasteiger partial charge in [0.25, 0.3) is 7.41 Å². The van der Waals surface area contributed by atoms with E-state index in [9.17, 15) is 0 Å². The molecule has 0 spiro atoms. The highest BCUT2D eigenvalue weighted by atomic mass is 15.1. The predicted molar refractivity (Wildman–Crippen MR) is 89.5 cm³/mol. The smallest absolute Gasteiger partial charge is 0.253 e. The van der Waals surface area contributed by atoms with E-state index in [1.54, 1.807) is 0 Å². The standard InChI is InChI=1S/C17H32BN2/c1-17(2,3)18-20(16-12-8-5-9-13-16)14-19-15-10-6-4-7-11-15/h14-16H,4-13H2,1-3H3. The fourth-order valence-corrected chi connectivity index (χ4v) is 3.46. The minimum absolute atomic E-state index is 0.232. The predicted octanol–water partition coefficient (Wildman–Crippen LogP) is 4.82. The maximum atomic E-state index is 4.91. The van der Waals surface area contributed by atoms with Gasteiger partial charge in [0.15, 0.2) is 0 Å². The lowest BCUT2D eigenvalue weighted by molar-refractivity contribution is 0.328. The molecule has 2 aliphatic carbocycles. The lowest BCUT2D eigenvalue weighted by Gasteiger charge is -2.36.